The number of cyclic esters (lactones) is 1. The molecule has 2 fully saturated rings. The first-order valence-electron chi connectivity index (χ1n) is 3.70. The van der Waals surface area contributed by atoms with Gasteiger partial charge in [-0.2, -0.15) is 0 Å². The molecule has 2 aliphatic heterocycles. The van der Waals surface area contributed by atoms with Crippen LogP contribution in [0, 0.1) is 0 Å². The molecular weight excluding hydrogens is 132 g/mol. The van der Waals surface area contributed by atoms with Crippen LogP contribution in [-0.4, -0.2) is 24.8 Å². The molecule has 3 heteroatoms. The maximum absolute atomic E-state index is 10.5. The number of epoxide rings is 1. The highest BCUT2D eigenvalue weighted by Crippen LogP contribution is 2.26. The number of carbonyl (C=O) groups excluding carboxylic acids is 1. The van der Waals surface area contributed by atoms with Crippen LogP contribution >= 0.6 is 0 Å². The lowest BCUT2D eigenvalue weighted by Crippen LogP contribution is -2.24. The van der Waals surface area contributed by atoms with E-state index in [1.54, 1.807) is 0 Å². The molecule has 0 aromatic heterocycles. The van der Waals surface area contributed by atoms with Gasteiger partial charge in [-0.05, 0) is 19.3 Å². The van der Waals surface area contributed by atoms with Gasteiger partial charge in [-0.15, -0.1) is 0 Å². The first-order valence-corrected chi connectivity index (χ1v) is 3.70. The molecule has 0 aromatic carbocycles. The number of carbonyl (C=O) groups is 1. The maximum Gasteiger partial charge on any atom is 0.351 e. The van der Waals surface area contributed by atoms with Gasteiger partial charge >= 0.3 is 5.97 Å². The quantitative estimate of drug-likeness (QED) is 0.500. The topological polar surface area (TPSA) is 38.8 Å². The first kappa shape index (κ1) is 6.16. The third-order valence-corrected chi connectivity index (χ3v) is 1.97. The molecule has 3 nitrogen and oxygen atoms in total. The molecule has 0 radical (unpaired) electrons. The van der Waals surface area contributed by atoms with Gasteiger partial charge in [0.05, 0.1) is 0 Å². The molecule has 2 unspecified atom stereocenters. The molecule has 0 amide bonds. The molecule has 0 bridgehead atoms. The highest BCUT2D eigenvalue weighted by Gasteiger charge is 2.46. The monoisotopic (exact) mass is 142 g/mol. The molecule has 0 spiro atoms. The van der Waals surface area contributed by atoms with Gasteiger partial charge in [-0.25, -0.2) is 4.79 Å². The molecule has 0 aromatic rings. The third kappa shape index (κ3) is 1.01. The van der Waals surface area contributed by atoms with Crippen LogP contribution in [0.2, 0.25) is 0 Å². The number of hydrogen-bond acceptors (Lipinski definition) is 3. The number of hydrogen-bond donors (Lipinski definition) is 0. The van der Waals surface area contributed by atoms with Gasteiger partial charge in [-0.3, -0.25) is 0 Å². The Morgan fingerprint density at radius 3 is 2.70 bits per heavy atom. The molecule has 2 saturated heterocycles. The smallest absolute Gasteiger partial charge is 0.351 e. The van der Waals surface area contributed by atoms with Crippen molar-refractivity contribution in [2.75, 3.05) is 6.61 Å². The van der Waals surface area contributed by atoms with Crippen LogP contribution in [0.4, 0.5) is 0 Å². The van der Waals surface area contributed by atoms with Crippen LogP contribution in [0.5, 0.6) is 0 Å². The van der Waals surface area contributed by atoms with Crippen molar-refractivity contribution < 1.29 is 14.3 Å². The molecule has 2 aliphatic rings. The second-order valence-electron chi connectivity index (χ2n) is 2.76. The average Bonchev–Trinajstić information content (AvgIpc) is 2.69. The zero-order valence-electron chi connectivity index (χ0n) is 5.71. The van der Waals surface area contributed by atoms with Crippen LogP contribution in [0.15, 0.2) is 0 Å². The summed E-state index contributed by atoms with van der Waals surface area (Å²) in [6.07, 6.45) is 3.13. The highest BCUT2D eigenvalue weighted by atomic mass is 16.7. The van der Waals surface area contributed by atoms with Gasteiger partial charge < -0.3 is 9.47 Å². The average molecular weight is 142 g/mol. The van der Waals surface area contributed by atoms with Crippen molar-refractivity contribution in [3.63, 3.8) is 0 Å². The van der Waals surface area contributed by atoms with Crippen LogP contribution in [0.3, 0.4) is 0 Å². The Bertz CT molecular complexity index is 149. The Morgan fingerprint density at radius 1 is 1.40 bits per heavy atom. The summed E-state index contributed by atoms with van der Waals surface area (Å²) in [5.41, 5.74) is 0. The summed E-state index contributed by atoms with van der Waals surface area (Å²) in [5, 5.41) is 0. The Kier molecular flexibility index (Phi) is 1.38. The minimum absolute atomic E-state index is 0.0706. The molecule has 2 atom stereocenters. The van der Waals surface area contributed by atoms with Gasteiger partial charge in [0.1, 0.15) is 6.10 Å². The maximum atomic E-state index is 10.5. The summed E-state index contributed by atoms with van der Waals surface area (Å²) in [5.74, 6) is -0.0908. The zero-order chi connectivity index (χ0) is 6.97. The van der Waals surface area contributed by atoms with E-state index in [4.69, 9.17) is 9.47 Å². The predicted molar refractivity (Wildman–Crippen MR) is 33.5 cm³/mol. The van der Waals surface area contributed by atoms with Gasteiger partial charge in [0.15, 0.2) is 0 Å². The van der Waals surface area contributed by atoms with E-state index in [9.17, 15) is 4.79 Å². The summed E-state index contributed by atoms with van der Waals surface area (Å²) in [4.78, 5) is 10.5. The normalized spacial score (nSPS) is 39.0. The summed E-state index contributed by atoms with van der Waals surface area (Å²) in [6.45, 7) is 0.789. The van der Waals surface area contributed by atoms with Crippen LogP contribution < -0.4 is 0 Å². The fraction of sp³-hybridized carbons (Fsp3) is 0.857. The van der Waals surface area contributed by atoms with Crippen LogP contribution in [0.1, 0.15) is 19.3 Å². The van der Waals surface area contributed by atoms with Gasteiger partial charge in [-0.1, -0.05) is 0 Å². The van der Waals surface area contributed by atoms with Crippen molar-refractivity contribution in [2.45, 2.75) is 31.5 Å². The van der Waals surface area contributed by atoms with E-state index in [0.29, 0.717) is 0 Å². The summed E-state index contributed by atoms with van der Waals surface area (Å²) in [7, 11) is 0. The summed E-state index contributed by atoms with van der Waals surface area (Å²) < 4.78 is 10.0. The van der Waals surface area contributed by atoms with E-state index in [0.717, 1.165) is 25.9 Å². The van der Waals surface area contributed by atoms with E-state index in [1.807, 2.05) is 0 Å². The van der Waals surface area contributed by atoms with E-state index < -0.39 is 0 Å². The van der Waals surface area contributed by atoms with Gasteiger partial charge in [0, 0.05) is 6.61 Å². The third-order valence-electron chi connectivity index (χ3n) is 1.97. The SMILES string of the molecule is O=C1OC1C1CCCCO1. The molecule has 56 valence electrons. The van der Waals surface area contributed by atoms with Crippen molar-refractivity contribution in [3.05, 3.63) is 0 Å². The predicted octanol–water partition coefficient (Wildman–Crippen LogP) is 0.481. The fourth-order valence-corrected chi connectivity index (χ4v) is 1.32. The molecular formula is C7H10O3. The van der Waals surface area contributed by atoms with Crippen molar-refractivity contribution in [3.8, 4) is 0 Å². The lowest BCUT2D eigenvalue weighted by molar-refractivity contribution is -0.117. The minimum Gasteiger partial charge on any atom is -0.445 e. The van der Waals surface area contributed by atoms with E-state index >= 15 is 0 Å². The molecule has 0 saturated carbocycles. The largest absolute Gasteiger partial charge is 0.445 e. The summed E-state index contributed by atoms with van der Waals surface area (Å²) in [6, 6.07) is 0. The van der Waals surface area contributed by atoms with Gasteiger partial charge in [0.25, 0.3) is 0 Å². The van der Waals surface area contributed by atoms with Crippen LogP contribution in [-0.2, 0) is 14.3 Å². The minimum atomic E-state index is -0.208. The molecule has 0 aliphatic carbocycles. The molecule has 2 rings (SSSR count). The van der Waals surface area contributed by atoms with E-state index in [1.165, 1.54) is 0 Å². The Morgan fingerprint density at radius 2 is 2.20 bits per heavy atom. The number of rotatable bonds is 1. The Balaban J connectivity index is 1.86. The second kappa shape index (κ2) is 2.23. The van der Waals surface area contributed by atoms with E-state index in [-0.39, 0.29) is 18.2 Å². The lowest BCUT2D eigenvalue weighted by Gasteiger charge is -2.18. The second-order valence-corrected chi connectivity index (χ2v) is 2.76. The molecule has 10 heavy (non-hydrogen) atoms. The van der Waals surface area contributed by atoms with E-state index in [2.05, 4.69) is 0 Å². The Labute approximate surface area is 59.3 Å². The molecule has 0 N–H and O–H groups in total. The van der Waals surface area contributed by atoms with Crippen molar-refractivity contribution >= 4 is 5.97 Å². The number of ether oxygens (including phenoxy) is 2. The van der Waals surface area contributed by atoms with Crippen molar-refractivity contribution in [1.29, 1.82) is 0 Å². The van der Waals surface area contributed by atoms with Gasteiger partial charge in [0.2, 0.25) is 6.10 Å². The molecule has 2 heterocycles. The Hall–Kier alpha value is -0.570. The highest BCUT2D eigenvalue weighted by molar-refractivity contribution is 5.88. The van der Waals surface area contributed by atoms with Crippen molar-refractivity contribution in [1.82, 2.24) is 0 Å². The fourth-order valence-electron chi connectivity index (χ4n) is 1.32. The standard InChI is InChI=1S/C7H10O3/c8-7-6(10-7)5-3-1-2-4-9-5/h5-6H,1-4H2. The zero-order valence-corrected chi connectivity index (χ0v) is 5.71. The lowest BCUT2D eigenvalue weighted by atomic mass is 10.1. The first-order chi connectivity index (χ1) is 4.88. The van der Waals surface area contributed by atoms with Crippen LogP contribution in [0.25, 0.3) is 0 Å². The van der Waals surface area contributed by atoms with Crippen molar-refractivity contribution in [2.24, 2.45) is 0 Å². The summed E-state index contributed by atoms with van der Waals surface area (Å²) >= 11 is 0.